The molecule has 1 amide bonds. The quantitative estimate of drug-likeness (QED) is 0.613. The summed E-state index contributed by atoms with van der Waals surface area (Å²) >= 11 is 6.21. The van der Waals surface area contributed by atoms with Crippen molar-refractivity contribution in [1.29, 1.82) is 0 Å². The normalized spacial score (nSPS) is 11.1. The third-order valence-electron chi connectivity index (χ3n) is 4.14. The molecule has 3 rings (SSSR count). The third-order valence-corrected chi connectivity index (χ3v) is 6.24. The van der Waals surface area contributed by atoms with Crippen LogP contribution >= 0.6 is 11.6 Å². The number of benzene rings is 3. The van der Waals surface area contributed by atoms with E-state index in [-0.39, 0.29) is 28.0 Å². The van der Waals surface area contributed by atoms with Gasteiger partial charge in [-0.3, -0.25) is 9.10 Å². The molecule has 0 aliphatic rings. The molecule has 0 aliphatic heterocycles. The van der Waals surface area contributed by atoms with Crippen molar-refractivity contribution in [1.82, 2.24) is 5.32 Å². The summed E-state index contributed by atoms with van der Waals surface area (Å²) in [6, 6.07) is 19.9. The molecule has 0 fully saturated rings. The number of anilines is 1. The van der Waals surface area contributed by atoms with Crippen LogP contribution in [-0.4, -0.2) is 20.9 Å². The number of nitrogens with zero attached hydrogens (tertiary/aromatic N) is 1. The summed E-state index contributed by atoms with van der Waals surface area (Å²) in [5.74, 6) is -0.896. The monoisotopic (exact) mass is 432 g/mol. The number of amides is 1. The zero-order chi connectivity index (χ0) is 20.9. The van der Waals surface area contributed by atoms with E-state index in [2.05, 4.69) is 5.32 Å². The van der Waals surface area contributed by atoms with Gasteiger partial charge >= 0.3 is 0 Å². The van der Waals surface area contributed by atoms with Gasteiger partial charge in [-0.05, 0) is 42.0 Å². The van der Waals surface area contributed by atoms with Crippen LogP contribution in [0.1, 0.15) is 5.56 Å². The van der Waals surface area contributed by atoms with E-state index in [0.29, 0.717) is 5.56 Å². The van der Waals surface area contributed by atoms with Gasteiger partial charge in [0.25, 0.3) is 10.0 Å². The van der Waals surface area contributed by atoms with Crippen LogP contribution in [0.2, 0.25) is 5.02 Å². The Morgan fingerprint density at radius 2 is 1.55 bits per heavy atom. The molecule has 3 aromatic rings. The Balaban J connectivity index is 1.85. The van der Waals surface area contributed by atoms with Crippen LogP contribution in [0, 0.1) is 5.82 Å². The largest absolute Gasteiger partial charge is 0.350 e. The topological polar surface area (TPSA) is 66.5 Å². The Hall–Kier alpha value is -2.90. The summed E-state index contributed by atoms with van der Waals surface area (Å²) in [4.78, 5) is 12.6. The number of para-hydroxylation sites is 1. The minimum Gasteiger partial charge on any atom is -0.350 e. The zero-order valence-electron chi connectivity index (χ0n) is 15.3. The van der Waals surface area contributed by atoms with Crippen LogP contribution in [0.5, 0.6) is 0 Å². The van der Waals surface area contributed by atoms with E-state index in [1.807, 2.05) is 0 Å². The van der Waals surface area contributed by atoms with E-state index in [0.717, 1.165) is 4.31 Å². The summed E-state index contributed by atoms with van der Waals surface area (Å²) in [6.45, 7) is -0.316. The first kappa shape index (κ1) is 20.8. The van der Waals surface area contributed by atoms with Crippen LogP contribution in [0.25, 0.3) is 0 Å². The average Bonchev–Trinajstić information content (AvgIpc) is 2.73. The van der Waals surface area contributed by atoms with E-state index in [9.17, 15) is 17.6 Å². The van der Waals surface area contributed by atoms with E-state index in [1.54, 1.807) is 48.5 Å². The molecule has 0 saturated heterocycles. The molecular weight excluding hydrogens is 415 g/mol. The van der Waals surface area contributed by atoms with Crippen LogP contribution in [0.15, 0.2) is 83.8 Å². The predicted octanol–water partition coefficient (Wildman–Crippen LogP) is 3.99. The number of hydrogen-bond acceptors (Lipinski definition) is 3. The molecule has 5 nitrogen and oxygen atoms in total. The Kier molecular flexibility index (Phi) is 6.51. The van der Waals surface area contributed by atoms with Gasteiger partial charge in [0.1, 0.15) is 12.4 Å². The van der Waals surface area contributed by atoms with E-state index >= 15 is 0 Å². The number of hydrogen-bond donors (Lipinski definition) is 1. The lowest BCUT2D eigenvalue weighted by molar-refractivity contribution is -0.119. The van der Waals surface area contributed by atoms with Crippen molar-refractivity contribution < 1.29 is 17.6 Å². The second kappa shape index (κ2) is 9.07. The second-order valence-corrected chi connectivity index (χ2v) is 8.45. The van der Waals surface area contributed by atoms with Crippen molar-refractivity contribution >= 4 is 33.2 Å². The molecule has 0 bridgehead atoms. The average molecular weight is 433 g/mol. The highest BCUT2D eigenvalue weighted by molar-refractivity contribution is 7.92. The molecule has 0 radical (unpaired) electrons. The zero-order valence-corrected chi connectivity index (χ0v) is 16.8. The van der Waals surface area contributed by atoms with E-state index < -0.39 is 22.5 Å². The molecular formula is C21H18ClFN2O3S. The van der Waals surface area contributed by atoms with Crippen LogP contribution in [-0.2, 0) is 21.4 Å². The van der Waals surface area contributed by atoms with Crippen molar-refractivity contribution in [2.75, 3.05) is 10.8 Å². The number of carbonyl (C=O) groups excluding carboxylic acids is 1. The lowest BCUT2D eigenvalue weighted by atomic mass is 10.2. The summed E-state index contributed by atoms with van der Waals surface area (Å²) in [7, 11) is -4.02. The molecule has 1 N–H and O–H groups in total. The van der Waals surface area contributed by atoms with Crippen molar-refractivity contribution in [2.24, 2.45) is 0 Å². The second-order valence-electron chi connectivity index (χ2n) is 6.18. The number of sulfonamides is 1. The van der Waals surface area contributed by atoms with Crippen molar-refractivity contribution in [3.8, 4) is 0 Å². The third kappa shape index (κ3) is 5.13. The molecule has 29 heavy (non-hydrogen) atoms. The molecule has 3 aromatic carbocycles. The molecule has 8 heteroatoms. The van der Waals surface area contributed by atoms with Gasteiger partial charge in [0.05, 0.1) is 15.6 Å². The first-order chi connectivity index (χ1) is 13.9. The van der Waals surface area contributed by atoms with Crippen LogP contribution < -0.4 is 9.62 Å². The first-order valence-corrected chi connectivity index (χ1v) is 10.5. The lowest BCUT2D eigenvalue weighted by Crippen LogP contribution is -2.40. The highest BCUT2D eigenvalue weighted by Gasteiger charge is 2.28. The predicted molar refractivity (Wildman–Crippen MR) is 111 cm³/mol. The van der Waals surface area contributed by atoms with Crippen LogP contribution in [0.4, 0.5) is 10.1 Å². The molecule has 0 heterocycles. The fraction of sp³-hybridized carbons (Fsp3) is 0.0952. The van der Waals surface area contributed by atoms with Gasteiger partial charge in [0.2, 0.25) is 5.91 Å². The molecule has 0 saturated carbocycles. The van der Waals surface area contributed by atoms with Crippen LogP contribution in [0.3, 0.4) is 0 Å². The maximum absolute atomic E-state index is 13.2. The maximum Gasteiger partial charge on any atom is 0.264 e. The number of nitrogens with one attached hydrogen (secondary N) is 1. The van der Waals surface area contributed by atoms with E-state index in [1.165, 1.54) is 30.3 Å². The van der Waals surface area contributed by atoms with Gasteiger partial charge in [0, 0.05) is 6.54 Å². The van der Waals surface area contributed by atoms with Crippen molar-refractivity contribution in [2.45, 2.75) is 11.4 Å². The molecule has 0 aliphatic carbocycles. The minimum absolute atomic E-state index is 0.0475. The number of halogens is 2. The van der Waals surface area contributed by atoms with Gasteiger partial charge in [-0.25, -0.2) is 12.8 Å². The summed E-state index contributed by atoms with van der Waals surface area (Å²) < 4.78 is 40.3. The maximum atomic E-state index is 13.2. The molecule has 0 atom stereocenters. The lowest BCUT2D eigenvalue weighted by Gasteiger charge is -2.25. The molecule has 150 valence electrons. The first-order valence-electron chi connectivity index (χ1n) is 8.71. The highest BCUT2D eigenvalue weighted by atomic mass is 35.5. The van der Waals surface area contributed by atoms with Crippen molar-refractivity contribution in [3.63, 3.8) is 0 Å². The van der Waals surface area contributed by atoms with Crippen molar-refractivity contribution in [3.05, 3.63) is 95.3 Å². The van der Waals surface area contributed by atoms with Gasteiger partial charge in [-0.2, -0.15) is 0 Å². The minimum atomic E-state index is -4.02. The molecule has 0 unspecified atom stereocenters. The Bertz CT molecular complexity index is 1090. The Morgan fingerprint density at radius 3 is 2.21 bits per heavy atom. The summed E-state index contributed by atoms with van der Waals surface area (Å²) in [5, 5.41) is 2.86. The van der Waals surface area contributed by atoms with Gasteiger partial charge in [-0.1, -0.05) is 54.1 Å². The highest BCUT2D eigenvalue weighted by Crippen LogP contribution is 2.30. The SMILES string of the molecule is O=C(CN(c1ccccc1Cl)S(=O)(=O)c1ccccc1)NCc1ccc(F)cc1. The Morgan fingerprint density at radius 1 is 0.931 bits per heavy atom. The van der Waals surface area contributed by atoms with E-state index in [4.69, 9.17) is 11.6 Å². The fourth-order valence-corrected chi connectivity index (χ4v) is 4.41. The van der Waals surface area contributed by atoms with Gasteiger partial charge in [0.15, 0.2) is 0 Å². The van der Waals surface area contributed by atoms with Gasteiger partial charge < -0.3 is 5.32 Å². The number of carbonyl (C=O) groups is 1. The van der Waals surface area contributed by atoms with Gasteiger partial charge in [-0.15, -0.1) is 0 Å². The standard InChI is InChI=1S/C21H18ClFN2O3S/c22-19-8-4-5-9-20(19)25(29(27,28)18-6-2-1-3-7-18)15-21(26)24-14-16-10-12-17(23)13-11-16/h1-13H,14-15H2,(H,24,26). The smallest absolute Gasteiger partial charge is 0.264 e. The fourth-order valence-electron chi connectivity index (χ4n) is 2.66. The summed E-state index contributed by atoms with van der Waals surface area (Å²) in [5.41, 5.74) is 0.893. The molecule has 0 spiro atoms. The number of rotatable bonds is 7. The molecule has 0 aromatic heterocycles. The Labute approximate surface area is 173 Å². The summed E-state index contributed by atoms with van der Waals surface area (Å²) in [6.07, 6.45) is 0.